The minimum atomic E-state index is -0.234. The molecule has 264 valence electrons. The van der Waals surface area contributed by atoms with E-state index in [1.54, 1.807) is 12.1 Å². The zero-order chi connectivity index (χ0) is 37.2. The summed E-state index contributed by atoms with van der Waals surface area (Å²) < 4.78 is 20.2. The van der Waals surface area contributed by atoms with Crippen LogP contribution in [0.5, 0.6) is 0 Å². The third-order valence-electron chi connectivity index (χ3n) is 11.1. The molecule has 0 atom stereocenters. The second-order valence-electron chi connectivity index (χ2n) is 14.2. The van der Waals surface area contributed by atoms with Gasteiger partial charge in [0.05, 0.1) is 11.0 Å². The molecule has 9 aromatic carbocycles. The van der Waals surface area contributed by atoms with E-state index in [1.807, 2.05) is 34.1 Å². The van der Waals surface area contributed by atoms with E-state index in [2.05, 4.69) is 175 Å². The monoisotopic (exact) mass is 736 g/mol. The number of aromatic nitrogens is 1. The Morgan fingerprint density at radius 1 is 0.411 bits per heavy atom. The Morgan fingerprint density at radius 2 is 0.946 bits per heavy atom. The van der Waals surface area contributed by atoms with Gasteiger partial charge < -0.3 is 9.47 Å². The van der Waals surface area contributed by atoms with E-state index in [0.717, 1.165) is 39.0 Å². The van der Waals surface area contributed by atoms with Crippen LogP contribution in [0.15, 0.2) is 200 Å². The molecule has 0 spiro atoms. The summed E-state index contributed by atoms with van der Waals surface area (Å²) in [5.74, 6) is -0.234. The van der Waals surface area contributed by atoms with Gasteiger partial charge in [0.1, 0.15) is 5.82 Å². The van der Waals surface area contributed by atoms with Crippen LogP contribution in [-0.2, 0) is 0 Å². The molecule has 0 aliphatic rings. The summed E-state index contributed by atoms with van der Waals surface area (Å²) in [6.07, 6.45) is 0. The van der Waals surface area contributed by atoms with Crippen LogP contribution in [0.2, 0.25) is 0 Å². The van der Waals surface area contributed by atoms with Crippen LogP contribution in [0.25, 0.3) is 80.7 Å². The highest BCUT2D eigenvalue weighted by Gasteiger charge is 2.18. The van der Waals surface area contributed by atoms with Crippen LogP contribution < -0.4 is 4.90 Å². The molecule has 0 N–H and O–H groups in total. The van der Waals surface area contributed by atoms with Gasteiger partial charge in [-0.3, -0.25) is 0 Å². The molecule has 0 aliphatic heterocycles. The summed E-state index contributed by atoms with van der Waals surface area (Å²) in [5.41, 5.74) is 10.4. The lowest BCUT2D eigenvalue weighted by Gasteiger charge is -2.26. The molecule has 2 aromatic heterocycles. The van der Waals surface area contributed by atoms with E-state index < -0.39 is 0 Å². The molecule has 0 radical (unpaired) electrons. The van der Waals surface area contributed by atoms with E-state index in [4.69, 9.17) is 0 Å². The lowest BCUT2D eigenvalue weighted by atomic mass is 9.98. The number of hydrogen-bond donors (Lipinski definition) is 0. The molecule has 0 unspecified atom stereocenters. The quantitative estimate of drug-likeness (QED) is 0.165. The lowest BCUT2D eigenvalue weighted by Crippen LogP contribution is -2.10. The number of hydrogen-bond acceptors (Lipinski definition) is 2. The van der Waals surface area contributed by atoms with Gasteiger partial charge in [-0.15, -0.1) is 11.3 Å². The van der Waals surface area contributed by atoms with Crippen LogP contribution in [-0.4, -0.2) is 4.57 Å². The molecule has 2 nitrogen and oxygen atoms in total. The molecule has 4 heteroatoms. The van der Waals surface area contributed by atoms with Gasteiger partial charge in [-0.1, -0.05) is 133 Å². The van der Waals surface area contributed by atoms with E-state index >= 15 is 4.39 Å². The summed E-state index contributed by atoms with van der Waals surface area (Å²) in [4.78, 5) is 2.30. The zero-order valence-corrected chi connectivity index (χ0v) is 31.0. The molecule has 0 aliphatic carbocycles. The number of rotatable bonds is 6. The zero-order valence-electron chi connectivity index (χ0n) is 30.2. The minimum Gasteiger partial charge on any atom is -0.311 e. The molecular formula is C52H33FN2S. The fourth-order valence-corrected chi connectivity index (χ4v) is 9.71. The van der Waals surface area contributed by atoms with Crippen molar-refractivity contribution >= 4 is 81.1 Å². The van der Waals surface area contributed by atoms with E-state index in [0.29, 0.717) is 5.52 Å². The van der Waals surface area contributed by atoms with Crippen molar-refractivity contribution in [2.75, 3.05) is 4.90 Å². The number of thiophene rings is 1. The SMILES string of the molecule is Fc1cccc2c3ccccc3n(-c3ccc(N(c4ccc(-c5cccc6ccccc56)cc4)c4ccc(-c5cccc6c5sc5ccccc56)cc4)cc3)c12. The summed E-state index contributed by atoms with van der Waals surface area (Å²) in [5, 5.41) is 7.00. The molecule has 0 saturated heterocycles. The van der Waals surface area contributed by atoms with Crippen molar-refractivity contribution in [2.45, 2.75) is 0 Å². The van der Waals surface area contributed by atoms with Crippen LogP contribution in [0.1, 0.15) is 0 Å². The highest BCUT2D eigenvalue weighted by Crippen LogP contribution is 2.42. The number of halogens is 1. The summed E-state index contributed by atoms with van der Waals surface area (Å²) in [6, 6.07) is 70.0. The fraction of sp³-hybridized carbons (Fsp3) is 0. The lowest BCUT2D eigenvalue weighted by molar-refractivity contribution is 0.635. The van der Waals surface area contributed by atoms with Crippen LogP contribution in [0.3, 0.4) is 0 Å². The third kappa shape index (κ3) is 5.22. The Balaban J connectivity index is 1.03. The van der Waals surface area contributed by atoms with Crippen molar-refractivity contribution in [3.05, 3.63) is 206 Å². The first-order chi connectivity index (χ1) is 27.7. The van der Waals surface area contributed by atoms with Gasteiger partial charge in [-0.05, 0) is 99.8 Å². The first kappa shape index (κ1) is 32.4. The second kappa shape index (κ2) is 13.1. The van der Waals surface area contributed by atoms with Gasteiger partial charge in [0.15, 0.2) is 0 Å². The number of nitrogens with zero attached hydrogens (tertiary/aromatic N) is 2. The number of anilines is 3. The van der Waals surface area contributed by atoms with E-state index in [1.165, 1.54) is 53.2 Å². The maximum absolute atomic E-state index is 15.5. The Kier molecular flexibility index (Phi) is 7.58. The van der Waals surface area contributed by atoms with Gasteiger partial charge in [-0.2, -0.15) is 0 Å². The number of para-hydroxylation sites is 2. The van der Waals surface area contributed by atoms with Gasteiger partial charge in [0.2, 0.25) is 0 Å². The summed E-state index contributed by atoms with van der Waals surface area (Å²) in [6.45, 7) is 0. The fourth-order valence-electron chi connectivity index (χ4n) is 8.47. The van der Waals surface area contributed by atoms with Crippen molar-refractivity contribution in [3.8, 4) is 27.9 Å². The van der Waals surface area contributed by atoms with Gasteiger partial charge in [0, 0.05) is 53.7 Å². The minimum absolute atomic E-state index is 0.234. The normalized spacial score (nSPS) is 11.7. The van der Waals surface area contributed by atoms with Crippen molar-refractivity contribution in [1.29, 1.82) is 0 Å². The highest BCUT2D eigenvalue weighted by molar-refractivity contribution is 7.26. The standard InChI is InChI=1S/C52H33FN2S/c53-48-19-9-17-46-44-13-3-5-20-49(44)55(51(46)48)40-32-30-39(31-33-40)54(37-26-22-35(23-27-37)42-15-7-11-34-10-1-2-12-41(34)42)38-28-24-36(25-29-38)43-16-8-18-47-45-14-4-6-21-50(45)56-52(43)47/h1-33H. The van der Waals surface area contributed by atoms with Crippen molar-refractivity contribution in [2.24, 2.45) is 0 Å². The smallest absolute Gasteiger partial charge is 0.147 e. The Hall–Kier alpha value is -7.01. The topological polar surface area (TPSA) is 8.17 Å². The molecule has 11 aromatic rings. The average Bonchev–Trinajstić information content (AvgIpc) is 3.81. The molecule has 56 heavy (non-hydrogen) atoms. The second-order valence-corrected chi connectivity index (χ2v) is 15.3. The molecule has 0 saturated carbocycles. The van der Waals surface area contributed by atoms with E-state index in [9.17, 15) is 0 Å². The molecular weight excluding hydrogens is 704 g/mol. The molecule has 2 heterocycles. The van der Waals surface area contributed by atoms with Gasteiger partial charge >= 0.3 is 0 Å². The summed E-state index contributed by atoms with van der Waals surface area (Å²) in [7, 11) is 0. The van der Waals surface area contributed by atoms with Crippen molar-refractivity contribution in [1.82, 2.24) is 4.57 Å². The Bertz CT molecular complexity index is 3240. The largest absolute Gasteiger partial charge is 0.311 e. The maximum Gasteiger partial charge on any atom is 0.147 e. The maximum atomic E-state index is 15.5. The van der Waals surface area contributed by atoms with Gasteiger partial charge in [-0.25, -0.2) is 4.39 Å². The van der Waals surface area contributed by atoms with Crippen LogP contribution >= 0.6 is 11.3 Å². The molecule has 11 rings (SSSR count). The van der Waals surface area contributed by atoms with Crippen LogP contribution in [0.4, 0.5) is 21.5 Å². The first-order valence-corrected chi connectivity index (χ1v) is 19.7. The average molecular weight is 737 g/mol. The van der Waals surface area contributed by atoms with Gasteiger partial charge in [0.25, 0.3) is 0 Å². The number of fused-ring (bicyclic) bond motifs is 7. The Morgan fingerprint density at radius 3 is 1.71 bits per heavy atom. The first-order valence-electron chi connectivity index (χ1n) is 18.9. The third-order valence-corrected chi connectivity index (χ3v) is 12.3. The van der Waals surface area contributed by atoms with Crippen molar-refractivity contribution < 1.29 is 4.39 Å². The molecule has 0 amide bonds. The number of benzene rings is 9. The Labute approximate surface area is 327 Å². The summed E-state index contributed by atoms with van der Waals surface area (Å²) >= 11 is 1.85. The molecule has 0 fully saturated rings. The molecule has 0 bridgehead atoms. The predicted octanol–water partition coefficient (Wildman–Crippen LogP) is 15.2. The van der Waals surface area contributed by atoms with Crippen LogP contribution in [0, 0.1) is 5.82 Å². The van der Waals surface area contributed by atoms with Crippen molar-refractivity contribution in [3.63, 3.8) is 0 Å². The highest BCUT2D eigenvalue weighted by atomic mass is 32.1. The van der Waals surface area contributed by atoms with E-state index in [-0.39, 0.29) is 5.82 Å². The predicted molar refractivity (Wildman–Crippen MR) is 237 cm³/mol.